The number of hydrogen-bond acceptors (Lipinski definition) is 3. The van der Waals surface area contributed by atoms with Gasteiger partial charge in [0.25, 0.3) is 11.6 Å². The predicted octanol–water partition coefficient (Wildman–Crippen LogP) is 3.34. The summed E-state index contributed by atoms with van der Waals surface area (Å²) in [5.41, 5.74) is 0.848. The Kier molecular flexibility index (Phi) is 4.00. The van der Waals surface area contributed by atoms with Crippen LogP contribution in [0, 0.1) is 0 Å². The van der Waals surface area contributed by atoms with Gasteiger partial charge < -0.3 is 9.84 Å². The number of hydrogen-bond donors (Lipinski definition) is 1. The Bertz CT molecular complexity index is 785. The number of nitrogens with zero attached hydrogens (tertiary/aromatic N) is 2. The van der Waals surface area contributed by atoms with E-state index in [2.05, 4.69) is 28.5 Å². The number of para-hydroxylation sites is 1. The molecule has 0 saturated carbocycles. The maximum Gasteiger partial charge on any atom is 0.278 e. The van der Waals surface area contributed by atoms with Crippen molar-refractivity contribution < 1.29 is 14.4 Å². The summed E-state index contributed by atoms with van der Waals surface area (Å²) >= 11 is 0. The van der Waals surface area contributed by atoms with Gasteiger partial charge in [-0.25, -0.2) is 0 Å². The third-order valence-electron chi connectivity index (χ3n) is 5.38. The van der Waals surface area contributed by atoms with Gasteiger partial charge in [0.15, 0.2) is 6.04 Å². The van der Waals surface area contributed by atoms with Crippen LogP contribution in [-0.2, 0) is 5.72 Å². The number of anilines is 1. The zero-order chi connectivity index (χ0) is 17.4. The van der Waals surface area contributed by atoms with Crippen LogP contribution in [-0.4, -0.2) is 34.7 Å². The largest absolute Gasteiger partial charge is 0.494 e. The minimum atomic E-state index is -1.08. The lowest BCUT2D eigenvalue weighted by Crippen LogP contribution is -2.51. The maximum atomic E-state index is 11.9. The first-order chi connectivity index (χ1) is 12.2. The molecule has 4 heteroatoms. The van der Waals surface area contributed by atoms with Crippen LogP contribution in [0.5, 0.6) is 5.75 Å². The van der Waals surface area contributed by atoms with Gasteiger partial charge in [-0.3, -0.25) is 4.58 Å². The van der Waals surface area contributed by atoms with E-state index in [9.17, 15) is 5.11 Å². The van der Waals surface area contributed by atoms with Crippen molar-refractivity contribution in [1.82, 2.24) is 0 Å². The second-order valence-corrected chi connectivity index (χ2v) is 6.74. The van der Waals surface area contributed by atoms with Gasteiger partial charge in [0, 0.05) is 5.56 Å². The third-order valence-corrected chi connectivity index (χ3v) is 5.38. The van der Waals surface area contributed by atoms with Crippen molar-refractivity contribution in [3.05, 3.63) is 60.2 Å². The van der Waals surface area contributed by atoms with E-state index >= 15 is 0 Å². The topological polar surface area (TPSA) is 35.7 Å². The van der Waals surface area contributed by atoms with E-state index in [1.807, 2.05) is 49.4 Å². The summed E-state index contributed by atoms with van der Waals surface area (Å²) in [6, 6.07) is 18.1. The molecule has 25 heavy (non-hydrogen) atoms. The summed E-state index contributed by atoms with van der Waals surface area (Å²) < 4.78 is 7.91. The summed E-state index contributed by atoms with van der Waals surface area (Å²) in [6.45, 7) is 5.73. The summed E-state index contributed by atoms with van der Waals surface area (Å²) in [6.07, 6.45) is 2.14. The molecule has 2 aromatic carbocycles. The highest BCUT2D eigenvalue weighted by Gasteiger charge is 2.60. The van der Waals surface area contributed by atoms with Gasteiger partial charge in [0.05, 0.1) is 19.6 Å². The zero-order valence-corrected chi connectivity index (χ0v) is 14.9. The lowest BCUT2D eigenvalue weighted by Gasteiger charge is -2.32. The molecule has 0 unspecified atom stereocenters. The average molecular weight is 337 g/mol. The third kappa shape index (κ3) is 2.44. The Morgan fingerprint density at radius 1 is 1.16 bits per heavy atom. The monoisotopic (exact) mass is 337 g/mol. The standard InChI is InChI=1S/C21H25N2O2/c1-3-25-19-13-11-17(12-14-19)21(24)16(2)22-15-7-10-20(22)23(21)18-8-5-4-6-9-18/h4-6,8-9,11-14,16,24H,3,7,10,15H2,1-2H3/q+1/t16-,21+/m1/s1. The van der Waals surface area contributed by atoms with E-state index in [1.165, 1.54) is 5.84 Å². The SMILES string of the molecule is CCOc1ccc([C@@]2(O)[C@@H](C)[N+]3=C(CCC3)N2c2ccccc2)cc1. The van der Waals surface area contributed by atoms with Crippen LogP contribution < -0.4 is 9.64 Å². The smallest absolute Gasteiger partial charge is 0.278 e. The molecular weight excluding hydrogens is 312 g/mol. The highest BCUT2D eigenvalue weighted by atomic mass is 16.5. The maximum absolute atomic E-state index is 11.9. The summed E-state index contributed by atoms with van der Waals surface area (Å²) in [7, 11) is 0. The summed E-state index contributed by atoms with van der Waals surface area (Å²) in [4.78, 5) is 2.13. The van der Waals surface area contributed by atoms with Crippen LogP contribution >= 0.6 is 0 Å². The van der Waals surface area contributed by atoms with Crippen LogP contribution in [0.1, 0.15) is 32.3 Å². The van der Waals surface area contributed by atoms with Gasteiger partial charge in [-0.15, -0.1) is 0 Å². The first-order valence-corrected chi connectivity index (χ1v) is 9.09. The summed E-state index contributed by atoms with van der Waals surface area (Å²) in [5.74, 6) is 2.05. The van der Waals surface area contributed by atoms with Crippen LogP contribution in [0.3, 0.4) is 0 Å². The van der Waals surface area contributed by atoms with Crippen LogP contribution in [0.2, 0.25) is 0 Å². The first-order valence-electron chi connectivity index (χ1n) is 9.09. The van der Waals surface area contributed by atoms with Gasteiger partial charge >= 0.3 is 0 Å². The second-order valence-electron chi connectivity index (χ2n) is 6.74. The van der Waals surface area contributed by atoms with Gasteiger partial charge in [-0.05, 0) is 56.7 Å². The molecule has 4 rings (SSSR count). The number of amidine groups is 1. The van der Waals surface area contributed by atoms with Crippen molar-refractivity contribution in [3.63, 3.8) is 0 Å². The van der Waals surface area contributed by atoms with Gasteiger partial charge in [-0.2, -0.15) is 4.90 Å². The zero-order valence-electron chi connectivity index (χ0n) is 14.9. The van der Waals surface area contributed by atoms with Crippen molar-refractivity contribution in [2.45, 2.75) is 38.5 Å². The van der Waals surface area contributed by atoms with E-state index < -0.39 is 5.72 Å². The first kappa shape index (κ1) is 16.2. The molecule has 0 fully saturated rings. The number of benzene rings is 2. The molecule has 2 aromatic rings. The molecule has 130 valence electrons. The molecule has 2 aliphatic rings. The van der Waals surface area contributed by atoms with Crippen molar-refractivity contribution in [2.24, 2.45) is 0 Å². The molecule has 0 amide bonds. The van der Waals surface area contributed by atoms with E-state index in [4.69, 9.17) is 4.74 Å². The number of ether oxygens (including phenoxy) is 1. The second kappa shape index (κ2) is 6.19. The minimum Gasteiger partial charge on any atom is -0.494 e. The molecule has 0 saturated heterocycles. The number of rotatable bonds is 4. The molecule has 1 N–H and O–H groups in total. The van der Waals surface area contributed by atoms with Crippen LogP contribution in [0.15, 0.2) is 54.6 Å². The molecule has 0 spiro atoms. The van der Waals surface area contributed by atoms with E-state index in [1.54, 1.807) is 0 Å². The van der Waals surface area contributed by atoms with Crippen molar-refractivity contribution in [2.75, 3.05) is 18.1 Å². The Balaban J connectivity index is 1.80. The van der Waals surface area contributed by atoms with Crippen LogP contribution in [0.25, 0.3) is 0 Å². The highest BCUT2D eigenvalue weighted by molar-refractivity contribution is 5.97. The molecule has 2 aliphatic heterocycles. The summed E-state index contributed by atoms with van der Waals surface area (Å²) in [5, 5.41) is 11.9. The Morgan fingerprint density at radius 2 is 1.88 bits per heavy atom. The fourth-order valence-corrected chi connectivity index (χ4v) is 4.19. The van der Waals surface area contributed by atoms with Gasteiger partial charge in [0.2, 0.25) is 0 Å². The average Bonchev–Trinajstić information content (AvgIpc) is 3.19. The van der Waals surface area contributed by atoms with Gasteiger partial charge in [0.1, 0.15) is 11.4 Å². The van der Waals surface area contributed by atoms with Crippen molar-refractivity contribution in [1.29, 1.82) is 0 Å². The molecule has 2 heterocycles. The molecule has 2 atom stereocenters. The van der Waals surface area contributed by atoms with Crippen molar-refractivity contribution >= 4 is 11.5 Å². The highest BCUT2D eigenvalue weighted by Crippen LogP contribution is 2.42. The fraction of sp³-hybridized carbons (Fsp3) is 0.381. The normalized spacial score (nSPS) is 25.4. The van der Waals surface area contributed by atoms with Crippen molar-refractivity contribution in [3.8, 4) is 5.75 Å². The Labute approximate surface area is 149 Å². The number of aliphatic hydroxyl groups is 1. The molecule has 0 aromatic heterocycles. The van der Waals surface area contributed by atoms with E-state index in [0.29, 0.717) is 6.61 Å². The predicted molar refractivity (Wildman–Crippen MR) is 99.3 cm³/mol. The fourth-order valence-electron chi connectivity index (χ4n) is 4.19. The lowest BCUT2D eigenvalue weighted by molar-refractivity contribution is -0.564. The minimum absolute atomic E-state index is 0.0110. The molecular formula is C21H25N2O2+. The van der Waals surface area contributed by atoms with E-state index in [-0.39, 0.29) is 6.04 Å². The Morgan fingerprint density at radius 3 is 2.56 bits per heavy atom. The molecule has 4 nitrogen and oxygen atoms in total. The molecule has 0 radical (unpaired) electrons. The lowest BCUT2D eigenvalue weighted by atomic mass is 9.93. The van der Waals surface area contributed by atoms with Crippen LogP contribution in [0.4, 0.5) is 5.69 Å². The van der Waals surface area contributed by atoms with E-state index in [0.717, 1.165) is 36.4 Å². The quantitative estimate of drug-likeness (QED) is 0.869. The Hall–Kier alpha value is -2.33. The molecule has 0 bridgehead atoms. The van der Waals surface area contributed by atoms with Gasteiger partial charge in [-0.1, -0.05) is 18.2 Å². The molecule has 0 aliphatic carbocycles.